The number of aromatic nitrogens is 1. The van der Waals surface area contributed by atoms with Gasteiger partial charge < -0.3 is 4.74 Å². The Morgan fingerprint density at radius 1 is 1.16 bits per heavy atom. The van der Waals surface area contributed by atoms with Crippen LogP contribution in [0.2, 0.25) is 0 Å². The quantitative estimate of drug-likeness (QED) is 0.451. The number of esters is 1. The summed E-state index contributed by atoms with van der Waals surface area (Å²) >= 11 is 0. The molecule has 3 saturated carbocycles. The summed E-state index contributed by atoms with van der Waals surface area (Å²) < 4.78 is 5.58. The van der Waals surface area contributed by atoms with Crippen molar-refractivity contribution in [3.8, 4) is 0 Å². The van der Waals surface area contributed by atoms with Crippen molar-refractivity contribution in [3.63, 3.8) is 0 Å². The van der Waals surface area contributed by atoms with E-state index in [1.165, 1.54) is 38.3 Å². The number of aliphatic imine (C=N–C) groups is 1. The van der Waals surface area contributed by atoms with E-state index in [1.54, 1.807) is 5.57 Å². The molecular weight excluding hydrogens is 384 g/mol. The first-order chi connectivity index (χ1) is 14.9. The van der Waals surface area contributed by atoms with Crippen LogP contribution in [0.25, 0.3) is 0 Å². The predicted molar refractivity (Wildman–Crippen MR) is 123 cm³/mol. The van der Waals surface area contributed by atoms with Crippen LogP contribution in [0.15, 0.2) is 41.0 Å². The van der Waals surface area contributed by atoms with Crippen molar-refractivity contribution in [1.82, 2.24) is 4.98 Å². The van der Waals surface area contributed by atoms with Crippen molar-refractivity contribution in [2.24, 2.45) is 33.6 Å². The predicted octanol–water partition coefficient (Wildman–Crippen LogP) is 5.92. The Labute approximate surface area is 186 Å². The molecule has 0 saturated heterocycles. The van der Waals surface area contributed by atoms with E-state index >= 15 is 0 Å². The molecule has 4 heteroatoms. The van der Waals surface area contributed by atoms with Crippen molar-refractivity contribution in [1.29, 1.82) is 0 Å². The summed E-state index contributed by atoms with van der Waals surface area (Å²) in [6.45, 7) is 7.25. The van der Waals surface area contributed by atoms with E-state index in [9.17, 15) is 4.79 Å². The van der Waals surface area contributed by atoms with E-state index in [1.807, 2.05) is 12.3 Å². The largest absolute Gasteiger partial charge is 0.462 e. The molecule has 0 aliphatic heterocycles. The van der Waals surface area contributed by atoms with Gasteiger partial charge in [-0.05, 0) is 80.2 Å². The van der Waals surface area contributed by atoms with Crippen molar-refractivity contribution in [2.75, 3.05) is 0 Å². The van der Waals surface area contributed by atoms with Gasteiger partial charge in [0.05, 0.1) is 12.2 Å². The molecule has 0 aromatic carbocycles. The molecule has 0 amide bonds. The first-order valence-electron chi connectivity index (χ1n) is 12.2. The van der Waals surface area contributed by atoms with Gasteiger partial charge in [-0.2, -0.15) is 0 Å². The van der Waals surface area contributed by atoms with Gasteiger partial charge in [-0.15, -0.1) is 0 Å². The molecule has 1 aromatic rings. The molecule has 0 spiro atoms. The van der Waals surface area contributed by atoms with Gasteiger partial charge in [-0.1, -0.05) is 31.6 Å². The monoisotopic (exact) mass is 420 g/mol. The zero-order valence-electron chi connectivity index (χ0n) is 19.3. The first kappa shape index (κ1) is 20.9. The molecular formula is C27H36N2O2. The Balaban J connectivity index is 1.35. The van der Waals surface area contributed by atoms with E-state index in [4.69, 9.17) is 9.73 Å². The SMILES string of the molecule is CC(=O)O[C@H]1CC[C@@]2(C)C(=CC[C@@H]3[C@@H]2CC[C@]2(C)/C(=N/Cc4ccccn4)CC[C@@H]32)C1. The third kappa shape index (κ3) is 3.56. The maximum Gasteiger partial charge on any atom is 0.302 e. The van der Waals surface area contributed by atoms with Crippen LogP contribution >= 0.6 is 0 Å². The maximum absolute atomic E-state index is 11.5. The van der Waals surface area contributed by atoms with E-state index < -0.39 is 0 Å². The van der Waals surface area contributed by atoms with Crippen LogP contribution in [0.1, 0.15) is 77.8 Å². The van der Waals surface area contributed by atoms with Gasteiger partial charge in [0, 0.05) is 30.7 Å². The summed E-state index contributed by atoms with van der Waals surface area (Å²) in [6.07, 6.45) is 13.8. The number of rotatable bonds is 3. The number of pyridine rings is 1. The summed E-state index contributed by atoms with van der Waals surface area (Å²) in [5.74, 6) is 2.13. The molecule has 0 radical (unpaired) electrons. The third-order valence-corrected chi connectivity index (χ3v) is 9.29. The number of fused-ring (bicyclic) bond motifs is 5. The zero-order chi connectivity index (χ0) is 21.6. The fourth-order valence-corrected chi connectivity index (χ4v) is 7.68. The van der Waals surface area contributed by atoms with Crippen molar-refractivity contribution in [3.05, 3.63) is 41.7 Å². The fourth-order valence-electron chi connectivity index (χ4n) is 7.68. The molecule has 6 atom stereocenters. The number of hydrogen-bond acceptors (Lipinski definition) is 4. The van der Waals surface area contributed by atoms with E-state index in [0.717, 1.165) is 49.1 Å². The van der Waals surface area contributed by atoms with Gasteiger partial charge in [-0.3, -0.25) is 14.8 Å². The Hall–Kier alpha value is -1.97. The van der Waals surface area contributed by atoms with E-state index in [2.05, 4.69) is 37.0 Å². The van der Waals surface area contributed by atoms with Gasteiger partial charge in [0.2, 0.25) is 0 Å². The Kier molecular flexibility index (Phi) is 5.30. The second kappa shape index (κ2) is 7.86. The summed E-state index contributed by atoms with van der Waals surface area (Å²) in [7, 11) is 0. The highest BCUT2D eigenvalue weighted by Gasteiger charge is 2.57. The minimum absolute atomic E-state index is 0.0824. The lowest BCUT2D eigenvalue weighted by molar-refractivity contribution is -0.148. The summed E-state index contributed by atoms with van der Waals surface area (Å²) in [6, 6.07) is 6.10. The minimum Gasteiger partial charge on any atom is -0.462 e. The second-order valence-corrected chi connectivity index (χ2v) is 10.8. The highest BCUT2D eigenvalue weighted by Crippen LogP contribution is 2.64. The van der Waals surface area contributed by atoms with Gasteiger partial charge >= 0.3 is 5.97 Å². The number of allylic oxidation sites excluding steroid dienone is 1. The van der Waals surface area contributed by atoms with Crippen LogP contribution in [0.3, 0.4) is 0 Å². The fraction of sp³-hybridized carbons (Fsp3) is 0.667. The third-order valence-electron chi connectivity index (χ3n) is 9.29. The van der Waals surface area contributed by atoms with Crippen LogP contribution in [0.4, 0.5) is 0 Å². The molecule has 31 heavy (non-hydrogen) atoms. The Bertz CT molecular complexity index is 907. The lowest BCUT2D eigenvalue weighted by atomic mass is 9.48. The second-order valence-electron chi connectivity index (χ2n) is 10.8. The number of hydrogen-bond donors (Lipinski definition) is 0. The normalized spacial score (nSPS) is 40.5. The van der Waals surface area contributed by atoms with Crippen LogP contribution in [-0.2, 0) is 16.1 Å². The number of carbonyl (C=O) groups is 1. The van der Waals surface area contributed by atoms with Crippen LogP contribution in [0.5, 0.6) is 0 Å². The highest BCUT2D eigenvalue weighted by molar-refractivity contribution is 5.92. The zero-order valence-corrected chi connectivity index (χ0v) is 19.3. The van der Waals surface area contributed by atoms with Crippen LogP contribution in [0, 0.1) is 28.6 Å². The molecule has 3 fully saturated rings. The summed E-state index contributed by atoms with van der Waals surface area (Å²) in [5.41, 5.74) is 4.62. The smallest absolute Gasteiger partial charge is 0.302 e. The molecule has 5 rings (SSSR count). The van der Waals surface area contributed by atoms with Gasteiger partial charge in [-0.25, -0.2) is 0 Å². The standard InChI is InChI=1S/C27H36N2O2/c1-18(30)31-21-11-13-26(2)19(16-21)7-8-22-23-9-10-25(27(23,3)14-12-24(22)26)29-17-20-6-4-5-15-28-20/h4-7,15,21-24H,8-14,16-17H2,1-3H3/b29-25+/t21-,22-,23-,24-,26-,27-/m0/s1. The summed E-state index contributed by atoms with van der Waals surface area (Å²) in [5, 5.41) is 0. The molecule has 0 unspecified atom stereocenters. The van der Waals surface area contributed by atoms with Crippen molar-refractivity contribution >= 4 is 11.7 Å². The van der Waals surface area contributed by atoms with Crippen molar-refractivity contribution in [2.45, 2.75) is 84.8 Å². The molecule has 0 bridgehead atoms. The van der Waals surface area contributed by atoms with Gasteiger partial charge in [0.25, 0.3) is 0 Å². The van der Waals surface area contributed by atoms with Gasteiger partial charge in [0.1, 0.15) is 6.10 Å². The number of carbonyl (C=O) groups excluding carboxylic acids is 1. The molecule has 4 aliphatic rings. The Morgan fingerprint density at radius 3 is 2.74 bits per heavy atom. The van der Waals surface area contributed by atoms with Crippen LogP contribution < -0.4 is 0 Å². The average Bonchev–Trinajstić information content (AvgIpc) is 3.09. The van der Waals surface area contributed by atoms with Crippen LogP contribution in [-0.4, -0.2) is 22.8 Å². The van der Waals surface area contributed by atoms with E-state index in [0.29, 0.717) is 6.54 Å². The van der Waals surface area contributed by atoms with E-state index in [-0.39, 0.29) is 22.9 Å². The summed E-state index contributed by atoms with van der Waals surface area (Å²) in [4.78, 5) is 21.0. The van der Waals surface area contributed by atoms with Gasteiger partial charge in [0.15, 0.2) is 0 Å². The topological polar surface area (TPSA) is 51.5 Å². The molecule has 1 aromatic heterocycles. The number of nitrogens with zero attached hydrogens (tertiary/aromatic N) is 2. The lowest BCUT2D eigenvalue weighted by Crippen LogP contribution is -2.50. The molecule has 4 aliphatic carbocycles. The highest BCUT2D eigenvalue weighted by atomic mass is 16.5. The molecule has 166 valence electrons. The molecule has 4 nitrogen and oxygen atoms in total. The Morgan fingerprint density at radius 2 is 1.97 bits per heavy atom. The maximum atomic E-state index is 11.5. The minimum atomic E-state index is -0.139. The lowest BCUT2D eigenvalue weighted by Gasteiger charge is -2.57. The number of ether oxygens (including phenoxy) is 1. The average molecular weight is 421 g/mol. The first-order valence-corrected chi connectivity index (χ1v) is 12.2. The molecule has 1 heterocycles. The van der Waals surface area contributed by atoms with Crippen molar-refractivity contribution < 1.29 is 9.53 Å². The molecule has 0 N–H and O–H groups in total.